The summed E-state index contributed by atoms with van der Waals surface area (Å²) in [6.07, 6.45) is 5.79. The third-order valence-electron chi connectivity index (χ3n) is 6.79. The Morgan fingerprint density at radius 3 is 2.07 bits per heavy atom. The Morgan fingerprint density at radius 2 is 1.56 bits per heavy atom. The molecule has 27 heavy (non-hydrogen) atoms. The van der Waals surface area contributed by atoms with Crippen LogP contribution in [0.25, 0.3) is 0 Å². The van der Waals surface area contributed by atoms with E-state index in [1.54, 1.807) is 4.90 Å². The van der Waals surface area contributed by atoms with Crippen LogP contribution in [0.15, 0.2) is 0 Å². The van der Waals surface area contributed by atoms with Crippen LogP contribution < -0.4 is 0 Å². The number of piperidine rings is 1. The first-order valence-electron chi connectivity index (χ1n) is 10.6. The molecule has 0 aromatic rings. The van der Waals surface area contributed by atoms with Crippen molar-refractivity contribution in [2.45, 2.75) is 64.8 Å². The first-order chi connectivity index (χ1) is 12.8. The van der Waals surface area contributed by atoms with Crippen LogP contribution in [0.4, 0.5) is 0 Å². The number of carbonyl (C=O) groups excluding carboxylic acids is 2. The Labute approximate surface area is 163 Å². The number of amides is 2. The topological polar surface area (TPSA) is 74.8 Å². The lowest BCUT2D eigenvalue weighted by Crippen LogP contribution is -2.46. The number of hydrogen-bond donors (Lipinski definition) is 0. The predicted molar refractivity (Wildman–Crippen MR) is 105 cm³/mol. The molecule has 2 saturated heterocycles. The third-order valence-corrected chi connectivity index (χ3v) is 8.54. The molecule has 2 aliphatic heterocycles. The van der Waals surface area contributed by atoms with E-state index in [4.69, 9.17) is 0 Å². The van der Waals surface area contributed by atoms with Gasteiger partial charge in [-0.25, -0.2) is 8.42 Å². The first kappa shape index (κ1) is 20.6. The lowest BCUT2D eigenvalue weighted by molar-refractivity contribution is -0.143. The van der Waals surface area contributed by atoms with Crippen molar-refractivity contribution in [2.24, 2.45) is 17.8 Å². The summed E-state index contributed by atoms with van der Waals surface area (Å²) in [4.78, 5) is 29.6. The Kier molecular flexibility index (Phi) is 6.49. The van der Waals surface area contributed by atoms with Gasteiger partial charge in [-0.3, -0.25) is 9.59 Å². The Hall–Kier alpha value is -1.11. The van der Waals surface area contributed by atoms with Crippen molar-refractivity contribution in [3.63, 3.8) is 0 Å². The molecule has 0 radical (unpaired) electrons. The smallest absolute Gasteiger partial charge is 0.225 e. The third kappa shape index (κ3) is 4.84. The van der Waals surface area contributed by atoms with Gasteiger partial charge in [0.15, 0.2) is 9.84 Å². The van der Waals surface area contributed by atoms with Gasteiger partial charge >= 0.3 is 0 Å². The molecule has 0 N–H and O–H groups in total. The molecule has 6 nitrogen and oxygen atoms in total. The van der Waals surface area contributed by atoms with E-state index >= 15 is 0 Å². The monoisotopic (exact) mass is 398 g/mol. The molecule has 1 saturated carbocycles. The SMILES string of the molecule is CCN(C(=O)C1CCC(C(=O)N2CCC(C)CC2)CC1)C1CCS(=O)(=O)C1. The van der Waals surface area contributed by atoms with Crippen LogP contribution in [0.2, 0.25) is 0 Å². The summed E-state index contributed by atoms with van der Waals surface area (Å²) in [6.45, 7) is 6.48. The van der Waals surface area contributed by atoms with Crippen molar-refractivity contribution in [3.8, 4) is 0 Å². The van der Waals surface area contributed by atoms with Crippen LogP contribution in [-0.2, 0) is 19.4 Å². The summed E-state index contributed by atoms with van der Waals surface area (Å²) in [5.74, 6) is 1.38. The predicted octanol–water partition coefficient (Wildman–Crippen LogP) is 2.09. The van der Waals surface area contributed by atoms with Gasteiger partial charge in [0.25, 0.3) is 0 Å². The molecular weight excluding hydrogens is 364 g/mol. The number of likely N-dealkylation sites (tertiary alicyclic amines) is 1. The lowest BCUT2D eigenvalue weighted by Gasteiger charge is -2.37. The van der Waals surface area contributed by atoms with E-state index in [2.05, 4.69) is 6.92 Å². The molecular formula is C20H34N2O4S. The summed E-state index contributed by atoms with van der Waals surface area (Å²) < 4.78 is 23.5. The van der Waals surface area contributed by atoms with Crippen molar-refractivity contribution in [1.82, 2.24) is 9.80 Å². The summed E-state index contributed by atoms with van der Waals surface area (Å²) in [5.41, 5.74) is 0. The van der Waals surface area contributed by atoms with Crippen molar-refractivity contribution < 1.29 is 18.0 Å². The minimum Gasteiger partial charge on any atom is -0.342 e. The molecule has 3 fully saturated rings. The fourth-order valence-corrected chi connectivity index (χ4v) is 6.65. The quantitative estimate of drug-likeness (QED) is 0.727. The fourth-order valence-electron chi connectivity index (χ4n) is 4.92. The highest BCUT2D eigenvalue weighted by molar-refractivity contribution is 7.91. The van der Waals surface area contributed by atoms with Crippen molar-refractivity contribution >= 4 is 21.7 Å². The number of hydrogen-bond acceptors (Lipinski definition) is 4. The summed E-state index contributed by atoms with van der Waals surface area (Å²) in [5, 5.41) is 0. The molecule has 0 spiro atoms. The highest BCUT2D eigenvalue weighted by Gasteiger charge is 2.38. The van der Waals surface area contributed by atoms with E-state index in [-0.39, 0.29) is 41.2 Å². The normalized spacial score (nSPS) is 31.6. The van der Waals surface area contributed by atoms with Crippen LogP contribution in [0, 0.1) is 17.8 Å². The Bertz CT molecular complexity index is 647. The molecule has 0 aromatic heterocycles. The average molecular weight is 399 g/mol. The molecule has 3 rings (SSSR count). The van der Waals surface area contributed by atoms with Crippen LogP contribution in [0.5, 0.6) is 0 Å². The van der Waals surface area contributed by atoms with Gasteiger partial charge < -0.3 is 9.80 Å². The zero-order valence-corrected chi connectivity index (χ0v) is 17.5. The first-order valence-corrected chi connectivity index (χ1v) is 12.4. The van der Waals surface area contributed by atoms with Gasteiger partial charge in [0, 0.05) is 37.5 Å². The van der Waals surface area contributed by atoms with Gasteiger partial charge in [0.2, 0.25) is 11.8 Å². The van der Waals surface area contributed by atoms with E-state index in [1.165, 1.54) is 0 Å². The van der Waals surface area contributed by atoms with Crippen molar-refractivity contribution in [1.29, 1.82) is 0 Å². The van der Waals surface area contributed by atoms with E-state index < -0.39 is 9.84 Å². The highest BCUT2D eigenvalue weighted by atomic mass is 32.2. The molecule has 1 aliphatic carbocycles. The highest BCUT2D eigenvalue weighted by Crippen LogP contribution is 2.33. The lowest BCUT2D eigenvalue weighted by atomic mass is 9.80. The van der Waals surface area contributed by atoms with Gasteiger partial charge in [-0.1, -0.05) is 6.92 Å². The maximum absolute atomic E-state index is 13.0. The maximum Gasteiger partial charge on any atom is 0.225 e. The fraction of sp³-hybridized carbons (Fsp3) is 0.900. The molecule has 7 heteroatoms. The summed E-state index contributed by atoms with van der Waals surface area (Å²) in [6, 6.07) is -0.165. The number of carbonyl (C=O) groups is 2. The largest absolute Gasteiger partial charge is 0.342 e. The zero-order valence-electron chi connectivity index (χ0n) is 16.7. The summed E-state index contributed by atoms with van der Waals surface area (Å²) >= 11 is 0. The second kappa shape index (κ2) is 8.50. The number of rotatable bonds is 4. The van der Waals surface area contributed by atoms with Crippen molar-refractivity contribution in [3.05, 3.63) is 0 Å². The van der Waals surface area contributed by atoms with Crippen LogP contribution in [0.1, 0.15) is 58.8 Å². The average Bonchev–Trinajstić information content (AvgIpc) is 3.02. The van der Waals surface area contributed by atoms with E-state index in [0.717, 1.165) is 51.6 Å². The summed E-state index contributed by atoms with van der Waals surface area (Å²) in [7, 11) is -3.00. The molecule has 154 valence electrons. The second-order valence-electron chi connectivity index (χ2n) is 8.74. The van der Waals surface area contributed by atoms with Gasteiger partial charge in [-0.05, 0) is 57.8 Å². The standard InChI is InChI=1S/C20H34N2O4S/c1-3-22(18-10-13-27(25,26)14-18)20(24)17-6-4-16(5-7-17)19(23)21-11-8-15(2)9-12-21/h15-18H,3-14H2,1-2H3. The van der Waals surface area contributed by atoms with E-state index in [9.17, 15) is 18.0 Å². The van der Waals surface area contributed by atoms with Crippen LogP contribution in [0.3, 0.4) is 0 Å². The number of sulfone groups is 1. The maximum atomic E-state index is 13.0. The molecule has 1 atom stereocenters. The van der Waals surface area contributed by atoms with E-state index in [1.807, 2.05) is 11.8 Å². The molecule has 2 amide bonds. The molecule has 3 aliphatic rings. The van der Waals surface area contributed by atoms with Gasteiger partial charge in [-0.2, -0.15) is 0 Å². The van der Waals surface area contributed by atoms with Gasteiger partial charge in [0.05, 0.1) is 11.5 Å². The zero-order chi connectivity index (χ0) is 19.6. The number of nitrogens with zero attached hydrogens (tertiary/aromatic N) is 2. The van der Waals surface area contributed by atoms with Crippen LogP contribution >= 0.6 is 0 Å². The van der Waals surface area contributed by atoms with Crippen molar-refractivity contribution in [2.75, 3.05) is 31.1 Å². The molecule has 0 bridgehead atoms. The van der Waals surface area contributed by atoms with Gasteiger partial charge in [0.1, 0.15) is 0 Å². The minimum absolute atomic E-state index is 0.0568. The molecule has 0 aromatic carbocycles. The molecule has 2 heterocycles. The van der Waals surface area contributed by atoms with E-state index in [0.29, 0.717) is 18.9 Å². The minimum atomic E-state index is -3.00. The van der Waals surface area contributed by atoms with Crippen LogP contribution in [-0.4, -0.2) is 67.2 Å². The Morgan fingerprint density at radius 1 is 0.963 bits per heavy atom. The Balaban J connectivity index is 1.52. The second-order valence-corrected chi connectivity index (χ2v) is 11.0. The molecule has 1 unspecified atom stereocenters. The van der Waals surface area contributed by atoms with Gasteiger partial charge in [-0.15, -0.1) is 0 Å².